The van der Waals surface area contributed by atoms with Crippen molar-refractivity contribution in [3.8, 4) is 5.88 Å². The minimum Gasteiger partial charge on any atom is -0.355 e. The maximum atomic E-state index is 12.4. The Morgan fingerprint density at radius 2 is 1.90 bits per heavy atom. The van der Waals surface area contributed by atoms with Gasteiger partial charge in [0.15, 0.2) is 0 Å². The molecule has 0 N–H and O–H groups in total. The van der Waals surface area contributed by atoms with Crippen molar-refractivity contribution in [2.75, 3.05) is 6.26 Å². The first-order valence-corrected chi connectivity index (χ1v) is 8.28. The van der Waals surface area contributed by atoms with Gasteiger partial charge in [-0.15, -0.1) is 0 Å². The van der Waals surface area contributed by atoms with E-state index >= 15 is 0 Å². The number of rotatable bonds is 4. The van der Waals surface area contributed by atoms with Crippen molar-refractivity contribution in [3.63, 3.8) is 0 Å². The number of alkyl halides is 3. The van der Waals surface area contributed by atoms with Gasteiger partial charge in [0.1, 0.15) is 0 Å². The molecule has 1 heterocycles. The third-order valence-corrected chi connectivity index (χ3v) is 3.68. The van der Waals surface area contributed by atoms with Crippen molar-refractivity contribution in [2.45, 2.75) is 37.6 Å². The van der Waals surface area contributed by atoms with Gasteiger partial charge < -0.3 is 4.18 Å². The smallest absolute Gasteiger partial charge is 0.355 e. The molecule has 0 amide bonds. The van der Waals surface area contributed by atoms with Gasteiger partial charge in [0.25, 0.3) is 0 Å². The summed E-state index contributed by atoms with van der Waals surface area (Å²) in [4.78, 5) is 0. The van der Waals surface area contributed by atoms with Crippen LogP contribution in [0.3, 0.4) is 0 Å². The molecule has 0 aliphatic rings. The lowest BCUT2D eigenvalue weighted by atomic mass is 10.1. The standard InChI is InChI=1S/C10H15F3N2O3S2/c1-9(2,3)15-8(5-7(14-15)6-19-4)18-20(16,17)10(11,12)13/h5H,6H2,1-4H3. The average molecular weight is 332 g/mol. The quantitative estimate of drug-likeness (QED) is 0.627. The third kappa shape index (κ3) is 3.81. The summed E-state index contributed by atoms with van der Waals surface area (Å²) in [6.07, 6.45) is 1.79. The lowest BCUT2D eigenvalue weighted by Crippen LogP contribution is -2.31. The average Bonchev–Trinajstić information content (AvgIpc) is 2.58. The fraction of sp³-hybridized carbons (Fsp3) is 0.700. The molecule has 0 fully saturated rings. The van der Waals surface area contributed by atoms with Crippen molar-refractivity contribution >= 4 is 21.9 Å². The van der Waals surface area contributed by atoms with Crippen molar-refractivity contribution in [1.82, 2.24) is 9.78 Å². The summed E-state index contributed by atoms with van der Waals surface area (Å²) in [5.74, 6) is -0.00947. The molecule has 1 rings (SSSR count). The third-order valence-electron chi connectivity index (χ3n) is 2.13. The van der Waals surface area contributed by atoms with Crippen LogP contribution >= 0.6 is 11.8 Å². The van der Waals surface area contributed by atoms with Gasteiger partial charge in [0.2, 0.25) is 5.88 Å². The molecule has 1 aromatic heterocycles. The SMILES string of the molecule is CSCc1cc(OS(=O)(=O)C(F)(F)F)n(C(C)(C)C)n1. The van der Waals surface area contributed by atoms with E-state index in [2.05, 4.69) is 9.28 Å². The largest absolute Gasteiger partial charge is 0.534 e. The molecule has 20 heavy (non-hydrogen) atoms. The summed E-state index contributed by atoms with van der Waals surface area (Å²) in [5.41, 5.74) is -5.74. The first-order valence-electron chi connectivity index (χ1n) is 5.47. The first kappa shape index (κ1) is 17.2. The second-order valence-corrected chi connectivity index (χ2v) is 7.38. The Hall–Kier alpha value is -0.900. The second-order valence-electron chi connectivity index (χ2n) is 4.97. The number of hydrogen-bond acceptors (Lipinski definition) is 5. The fourth-order valence-electron chi connectivity index (χ4n) is 1.33. The zero-order valence-electron chi connectivity index (χ0n) is 11.4. The predicted molar refractivity (Wildman–Crippen MR) is 70.0 cm³/mol. The molecule has 0 atom stereocenters. The van der Waals surface area contributed by atoms with Crippen molar-refractivity contribution in [1.29, 1.82) is 0 Å². The molecule has 0 saturated carbocycles. The highest BCUT2D eigenvalue weighted by Crippen LogP contribution is 2.30. The number of aromatic nitrogens is 2. The van der Waals surface area contributed by atoms with Crippen LogP contribution in [0.1, 0.15) is 26.5 Å². The van der Waals surface area contributed by atoms with Gasteiger partial charge in [-0.3, -0.25) is 0 Å². The lowest BCUT2D eigenvalue weighted by Gasteiger charge is -2.21. The van der Waals surface area contributed by atoms with Gasteiger partial charge in [-0.2, -0.15) is 38.4 Å². The van der Waals surface area contributed by atoms with Gasteiger partial charge >= 0.3 is 15.6 Å². The summed E-state index contributed by atoms with van der Waals surface area (Å²) >= 11 is 1.41. The normalized spacial score (nSPS) is 13.6. The molecule has 0 bridgehead atoms. The van der Waals surface area contributed by atoms with E-state index in [1.54, 1.807) is 27.0 Å². The van der Waals surface area contributed by atoms with Crippen LogP contribution in [-0.4, -0.2) is 30.0 Å². The topological polar surface area (TPSA) is 61.2 Å². The van der Waals surface area contributed by atoms with Gasteiger partial charge in [0.05, 0.1) is 11.2 Å². The molecule has 1 aromatic rings. The van der Waals surface area contributed by atoms with E-state index < -0.39 is 27.0 Å². The van der Waals surface area contributed by atoms with Crippen molar-refractivity contribution in [3.05, 3.63) is 11.8 Å². The minimum atomic E-state index is -5.70. The molecule has 0 aliphatic heterocycles. The second kappa shape index (κ2) is 5.47. The number of hydrogen-bond donors (Lipinski definition) is 0. The van der Waals surface area contributed by atoms with E-state index in [1.165, 1.54) is 17.8 Å². The van der Waals surface area contributed by atoms with Crippen LogP contribution in [0.25, 0.3) is 0 Å². The maximum absolute atomic E-state index is 12.4. The molecule has 0 aliphatic carbocycles. The maximum Gasteiger partial charge on any atom is 0.534 e. The van der Waals surface area contributed by atoms with Crippen LogP contribution in [0, 0.1) is 0 Å². The summed E-state index contributed by atoms with van der Waals surface area (Å²) in [5, 5.41) is 4.08. The highest BCUT2D eigenvalue weighted by molar-refractivity contribution is 7.97. The molecule has 0 aromatic carbocycles. The number of halogens is 3. The van der Waals surface area contributed by atoms with Crippen LogP contribution in [0.4, 0.5) is 13.2 Å². The van der Waals surface area contributed by atoms with Gasteiger partial charge in [0, 0.05) is 11.8 Å². The van der Waals surface area contributed by atoms with E-state index in [4.69, 9.17) is 0 Å². The fourth-order valence-corrected chi connectivity index (χ4v) is 2.20. The molecule has 0 spiro atoms. The van der Waals surface area contributed by atoms with Crippen LogP contribution in [0.5, 0.6) is 5.88 Å². The van der Waals surface area contributed by atoms with E-state index in [-0.39, 0.29) is 0 Å². The van der Waals surface area contributed by atoms with Gasteiger partial charge in [-0.1, -0.05) is 0 Å². The summed E-state index contributed by atoms with van der Waals surface area (Å²) in [6, 6.07) is 1.20. The predicted octanol–water partition coefficient (Wildman–Crippen LogP) is 2.73. The summed E-state index contributed by atoms with van der Waals surface area (Å²) in [6.45, 7) is 5.03. The highest BCUT2D eigenvalue weighted by atomic mass is 32.2. The Morgan fingerprint density at radius 1 is 1.35 bits per heavy atom. The minimum absolute atomic E-state index is 0.436. The Labute approximate surface area is 119 Å². The zero-order chi connectivity index (χ0) is 15.8. The summed E-state index contributed by atoms with van der Waals surface area (Å²) < 4.78 is 64.5. The zero-order valence-corrected chi connectivity index (χ0v) is 13.0. The van der Waals surface area contributed by atoms with E-state index in [0.29, 0.717) is 11.4 Å². The van der Waals surface area contributed by atoms with E-state index in [0.717, 1.165) is 4.68 Å². The molecule has 0 radical (unpaired) electrons. The van der Waals surface area contributed by atoms with Crippen LogP contribution in [0.15, 0.2) is 6.07 Å². The molecule has 0 saturated heterocycles. The van der Waals surface area contributed by atoms with Gasteiger partial charge in [-0.25, -0.2) is 4.68 Å². The lowest BCUT2D eigenvalue weighted by molar-refractivity contribution is -0.0503. The Balaban J connectivity index is 3.24. The number of thioether (sulfide) groups is 1. The molecule has 0 unspecified atom stereocenters. The molecule has 116 valence electrons. The van der Waals surface area contributed by atoms with Gasteiger partial charge in [-0.05, 0) is 27.0 Å². The molecule has 5 nitrogen and oxygen atoms in total. The van der Waals surface area contributed by atoms with Crippen LogP contribution < -0.4 is 4.18 Å². The summed E-state index contributed by atoms with van der Waals surface area (Å²) in [7, 11) is -5.70. The van der Waals surface area contributed by atoms with Crippen molar-refractivity contribution < 1.29 is 25.8 Å². The first-order chi connectivity index (χ1) is 8.88. The Kier molecular flexibility index (Phi) is 4.69. The Morgan fingerprint density at radius 3 is 2.30 bits per heavy atom. The highest BCUT2D eigenvalue weighted by Gasteiger charge is 2.49. The molecular formula is C10H15F3N2O3S2. The van der Waals surface area contributed by atoms with Crippen LogP contribution in [-0.2, 0) is 21.4 Å². The monoisotopic (exact) mass is 332 g/mol. The van der Waals surface area contributed by atoms with Crippen LogP contribution in [0.2, 0.25) is 0 Å². The van der Waals surface area contributed by atoms with Crippen molar-refractivity contribution in [2.24, 2.45) is 0 Å². The van der Waals surface area contributed by atoms with E-state index in [1.807, 2.05) is 0 Å². The molecule has 10 heteroatoms. The number of nitrogens with zero attached hydrogens (tertiary/aromatic N) is 2. The van der Waals surface area contributed by atoms with E-state index in [9.17, 15) is 21.6 Å². The Bertz CT molecular complexity index is 574. The molecular weight excluding hydrogens is 317 g/mol.